The zero-order chi connectivity index (χ0) is 15.2. The first-order valence-electron chi connectivity index (χ1n) is 7.15. The van der Waals surface area contributed by atoms with Crippen molar-refractivity contribution in [3.8, 4) is 0 Å². The Morgan fingerprint density at radius 1 is 1.24 bits per heavy atom. The number of piperazine rings is 1. The molecule has 114 valence electrons. The molecule has 6 heteroatoms. The van der Waals surface area contributed by atoms with E-state index in [1.165, 1.54) is 17.7 Å². The Labute approximate surface area is 124 Å². The highest BCUT2D eigenvalue weighted by atomic mass is 16.5. The van der Waals surface area contributed by atoms with Gasteiger partial charge < -0.3 is 14.5 Å². The minimum atomic E-state index is -0.700. The van der Waals surface area contributed by atoms with Crippen molar-refractivity contribution < 1.29 is 19.2 Å². The SMILES string of the molecule is COC(=O)NC(=O)[C@@H](C)[NH+]1CCN(c2ccccc2)CC1. The van der Waals surface area contributed by atoms with E-state index >= 15 is 0 Å². The molecule has 1 saturated heterocycles. The molecule has 1 aliphatic heterocycles. The minimum Gasteiger partial charge on any atom is -0.453 e. The van der Waals surface area contributed by atoms with Crippen LogP contribution in [0.25, 0.3) is 0 Å². The van der Waals surface area contributed by atoms with E-state index in [-0.39, 0.29) is 11.9 Å². The average Bonchev–Trinajstić information content (AvgIpc) is 2.55. The summed E-state index contributed by atoms with van der Waals surface area (Å²) in [6, 6.07) is 9.99. The molecule has 0 aromatic heterocycles. The van der Waals surface area contributed by atoms with Gasteiger partial charge in [0.2, 0.25) is 0 Å². The number of benzene rings is 1. The summed E-state index contributed by atoms with van der Waals surface area (Å²) < 4.78 is 4.44. The fourth-order valence-corrected chi connectivity index (χ4v) is 2.57. The van der Waals surface area contributed by atoms with Crippen molar-refractivity contribution in [2.45, 2.75) is 13.0 Å². The summed E-state index contributed by atoms with van der Waals surface area (Å²) in [7, 11) is 1.25. The Bertz CT molecular complexity index is 484. The molecule has 1 aliphatic rings. The van der Waals surface area contributed by atoms with Crippen LogP contribution in [0.1, 0.15) is 6.92 Å². The maximum atomic E-state index is 11.9. The number of alkyl carbamates (subject to hydrolysis) is 1. The highest BCUT2D eigenvalue weighted by molar-refractivity contribution is 5.93. The van der Waals surface area contributed by atoms with Crippen molar-refractivity contribution in [3.05, 3.63) is 30.3 Å². The molecule has 0 unspecified atom stereocenters. The molecule has 21 heavy (non-hydrogen) atoms. The van der Waals surface area contributed by atoms with Gasteiger partial charge in [-0.05, 0) is 19.1 Å². The summed E-state index contributed by atoms with van der Waals surface area (Å²) in [6.07, 6.45) is -0.700. The third kappa shape index (κ3) is 3.95. The fourth-order valence-electron chi connectivity index (χ4n) is 2.57. The molecule has 2 rings (SSSR count). The molecule has 0 bridgehead atoms. The maximum Gasteiger partial charge on any atom is 0.413 e. The Hall–Kier alpha value is -2.08. The molecule has 0 radical (unpaired) electrons. The normalized spacial score (nSPS) is 17.1. The number of carbonyl (C=O) groups is 2. The topological polar surface area (TPSA) is 63.1 Å². The fraction of sp³-hybridized carbons (Fsp3) is 0.467. The first-order valence-corrected chi connectivity index (χ1v) is 7.15. The zero-order valence-electron chi connectivity index (χ0n) is 12.5. The van der Waals surface area contributed by atoms with Gasteiger partial charge in [0.25, 0.3) is 5.91 Å². The number of para-hydroxylation sites is 1. The Kier molecular flexibility index (Phi) is 5.16. The molecule has 1 aromatic carbocycles. The molecular weight excluding hydrogens is 270 g/mol. The second kappa shape index (κ2) is 7.08. The van der Waals surface area contributed by atoms with Crippen LogP contribution >= 0.6 is 0 Å². The predicted molar refractivity (Wildman–Crippen MR) is 79.4 cm³/mol. The number of carbonyl (C=O) groups excluding carboxylic acids is 2. The molecule has 1 fully saturated rings. The summed E-state index contributed by atoms with van der Waals surface area (Å²) in [5, 5.41) is 2.24. The molecule has 0 spiro atoms. The van der Waals surface area contributed by atoms with Crippen molar-refractivity contribution in [3.63, 3.8) is 0 Å². The summed E-state index contributed by atoms with van der Waals surface area (Å²) in [4.78, 5) is 26.5. The third-order valence-corrected chi connectivity index (χ3v) is 3.94. The van der Waals surface area contributed by atoms with E-state index in [0.717, 1.165) is 26.2 Å². The lowest BCUT2D eigenvalue weighted by atomic mass is 10.2. The smallest absolute Gasteiger partial charge is 0.413 e. The summed E-state index contributed by atoms with van der Waals surface area (Å²) in [6.45, 7) is 5.37. The molecule has 1 atom stereocenters. The number of ether oxygens (including phenoxy) is 1. The van der Waals surface area contributed by atoms with Gasteiger partial charge in [0.1, 0.15) is 0 Å². The van der Waals surface area contributed by atoms with Crippen LogP contribution in [0.4, 0.5) is 10.5 Å². The Morgan fingerprint density at radius 2 is 1.86 bits per heavy atom. The van der Waals surface area contributed by atoms with E-state index in [1.807, 2.05) is 25.1 Å². The van der Waals surface area contributed by atoms with E-state index < -0.39 is 6.09 Å². The second-order valence-corrected chi connectivity index (χ2v) is 5.18. The van der Waals surface area contributed by atoms with Gasteiger partial charge in [-0.2, -0.15) is 0 Å². The van der Waals surface area contributed by atoms with Gasteiger partial charge in [0.15, 0.2) is 6.04 Å². The molecule has 1 heterocycles. The molecule has 0 aliphatic carbocycles. The summed E-state index contributed by atoms with van der Waals surface area (Å²) >= 11 is 0. The van der Waals surface area contributed by atoms with E-state index in [1.54, 1.807) is 0 Å². The van der Waals surface area contributed by atoms with Crippen molar-refractivity contribution in [1.82, 2.24) is 5.32 Å². The van der Waals surface area contributed by atoms with Crippen molar-refractivity contribution in [2.24, 2.45) is 0 Å². The van der Waals surface area contributed by atoms with Crippen LogP contribution in [-0.4, -0.2) is 51.3 Å². The predicted octanol–water partition coefficient (Wildman–Crippen LogP) is -0.337. The Morgan fingerprint density at radius 3 is 2.43 bits per heavy atom. The van der Waals surface area contributed by atoms with Crippen LogP contribution in [0.3, 0.4) is 0 Å². The van der Waals surface area contributed by atoms with Gasteiger partial charge in [0, 0.05) is 5.69 Å². The molecule has 1 aromatic rings. The number of imide groups is 1. The lowest BCUT2D eigenvalue weighted by molar-refractivity contribution is -0.914. The highest BCUT2D eigenvalue weighted by Gasteiger charge is 2.30. The van der Waals surface area contributed by atoms with Gasteiger partial charge in [-0.25, -0.2) is 4.79 Å². The lowest BCUT2D eigenvalue weighted by Crippen LogP contribution is -3.19. The average molecular weight is 292 g/mol. The number of quaternary nitrogens is 1. The van der Waals surface area contributed by atoms with Crippen molar-refractivity contribution >= 4 is 17.7 Å². The van der Waals surface area contributed by atoms with Crippen LogP contribution in [0.2, 0.25) is 0 Å². The van der Waals surface area contributed by atoms with Gasteiger partial charge >= 0.3 is 6.09 Å². The molecule has 6 nitrogen and oxygen atoms in total. The minimum absolute atomic E-state index is 0.262. The first kappa shape index (κ1) is 15.3. The quantitative estimate of drug-likeness (QED) is 0.800. The van der Waals surface area contributed by atoms with Gasteiger partial charge in [-0.15, -0.1) is 0 Å². The lowest BCUT2D eigenvalue weighted by Gasteiger charge is -2.35. The molecule has 2 N–H and O–H groups in total. The van der Waals surface area contributed by atoms with Gasteiger partial charge in [0.05, 0.1) is 33.3 Å². The largest absolute Gasteiger partial charge is 0.453 e. The van der Waals surface area contributed by atoms with Crippen LogP contribution in [-0.2, 0) is 9.53 Å². The summed E-state index contributed by atoms with van der Waals surface area (Å²) in [5.41, 5.74) is 1.21. The van der Waals surface area contributed by atoms with Crippen LogP contribution < -0.4 is 15.1 Å². The van der Waals surface area contributed by atoms with Crippen LogP contribution in [0, 0.1) is 0 Å². The molecule has 0 saturated carbocycles. The molecule has 2 amide bonds. The van der Waals surface area contributed by atoms with E-state index in [9.17, 15) is 9.59 Å². The van der Waals surface area contributed by atoms with Crippen LogP contribution in [0.5, 0.6) is 0 Å². The van der Waals surface area contributed by atoms with E-state index in [4.69, 9.17) is 0 Å². The number of amides is 2. The number of rotatable bonds is 3. The number of nitrogens with one attached hydrogen (secondary N) is 2. The number of hydrogen-bond acceptors (Lipinski definition) is 4. The van der Waals surface area contributed by atoms with Crippen LogP contribution in [0.15, 0.2) is 30.3 Å². The van der Waals surface area contributed by atoms with Crippen molar-refractivity contribution in [2.75, 3.05) is 38.2 Å². The third-order valence-electron chi connectivity index (χ3n) is 3.94. The monoisotopic (exact) mass is 292 g/mol. The first-order chi connectivity index (χ1) is 10.1. The number of methoxy groups -OCH3 is 1. The van der Waals surface area contributed by atoms with Crippen molar-refractivity contribution in [1.29, 1.82) is 0 Å². The number of anilines is 1. The number of nitrogens with zero attached hydrogens (tertiary/aromatic N) is 1. The van der Waals surface area contributed by atoms with Gasteiger partial charge in [-0.1, -0.05) is 18.2 Å². The second-order valence-electron chi connectivity index (χ2n) is 5.18. The molecular formula is C15H22N3O3+. The zero-order valence-corrected chi connectivity index (χ0v) is 12.5. The summed E-state index contributed by atoms with van der Waals surface area (Å²) in [5.74, 6) is -0.287. The number of hydrogen-bond donors (Lipinski definition) is 2. The maximum absolute atomic E-state index is 11.9. The standard InChI is InChI=1S/C15H21N3O3/c1-12(14(19)16-15(20)21-2)17-8-10-18(11-9-17)13-6-4-3-5-7-13/h3-7,12H,8-11H2,1-2H3,(H,16,19,20)/p+1/t12-/m1/s1. The Balaban J connectivity index is 1.86. The van der Waals surface area contributed by atoms with Gasteiger partial charge in [-0.3, -0.25) is 10.1 Å². The van der Waals surface area contributed by atoms with E-state index in [0.29, 0.717) is 0 Å². The highest BCUT2D eigenvalue weighted by Crippen LogP contribution is 2.12. The van der Waals surface area contributed by atoms with E-state index in [2.05, 4.69) is 27.1 Å².